The number of hydrogen-bond donors (Lipinski definition) is 2. The largest absolute Gasteiger partial charge is 0.356 e. The SMILES string of the molecule is CN=C(NCCC(C)C)NCCN1CCS(=O)(=O)CC1. The molecule has 1 saturated heterocycles. The van der Waals surface area contributed by atoms with Crippen LogP contribution in [0, 0.1) is 5.92 Å². The van der Waals surface area contributed by atoms with Crippen molar-refractivity contribution in [1.82, 2.24) is 15.5 Å². The first-order valence-corrected chi connectivity index (χ1v) is 9.12. The minimum absolute atomic E-state index is 0.286. The highest BCUT2D eigenvalue weighted by Gasteiger charge is 2.20. The Morgan fingerprint density at radius 2 is 1.80 bits per heavy atom. The Morgan fingerprint density at radius 1 is 1.20 bits per heavy atom. The van der Waals surface area contributed by atoms with Gasteiger partial charge in [0.05, 0.1) is 11.5 Å². The lowest BCUT2D eigenvalue weighted by Crippen LogP contribution is -2.46. The van der Waals surface area contributed by atoms with Gasteiger partial charge in [-0.05, 0) is 12.3 Å². The summed E-state index contributed by atoms with van der Waals surface area (Å²) in [6.07, 6.45) is 1.12. The molecule has 1 rings (SSSR count). The summed E-state index contributed by atoms with van der Waals surface area (Å²) in [5.41, 5.74) is 0. The van der Waals surface area contributed by atoms with Crippen LogP contribution in [0.25, 0.3) is 0 Å². The van der Waals surface area contributed by atoms with Crippen LogP contribution in [-0.4, -0.2) is 70.6 Å². The quantitative estimate of drug-likeness (QED) is 0.531. The fraction of sp³-hybridized carbons (Fsp3) is 0.923. The van der Waals surface area contributed by atoms with Crippen LogP contribution >= 0.6 is 0 Å². The van der Waals surface area contributed by atoms with Gasteiger partial charge in [-0.15, -0.1) is 0 Å². The third kappa shape index (κ3) is 7.09. The molecule has 0 atom stereocenters. The molecule has 1 aliphatic heterocycles. The lowest BCUT2D eigenvalue weighted by molar-refractivity contribution is 0.299. The Bertz CT molecular complexity index is 393. The maximum Gasteiger partial charge on any atom is 0.191 e. The van der Waals surface area contributed by atoms with Gasteiger partial charge in [-0.3, -0.25) is 9.89 Å². The molecule has 0 unspecified atom stereocenters. The minimum atomic E-state index is -2.78. The third-order valence-electron chi connectivity index (χ3n) is 3.40. The predicted molar refractivity (Wildman–Crippen MR) is 83.9 cm³/mol. The Morgan fingerprint density at radius 3 is 2.35 bits per heavy atom. The minimum Gasteiger partial charge on any atom is -0.356 e. The van der Waals surface area contributed by atoms with Gasteiger partial charge in [-0.1, -0.05) is 13.8 Å². The molecule has 1 fully saturated rings. The average Bonchev–Trinajstić information content (AvgIpc) is 2.38. The number of sulfone groups is 1. The van der Waals surface area contributed by atoms with E-state index in [1.165, 1.54) is 0 Å². The Labute approximate surface area is 122 Å². The Hall–Kier alpha value is -0.820. The smallest absolute Gasteiger partial charge is 0.191 e. The Kier molecular flexibility index (Phi) is 7.29. The van der Waals surface area contributed by atoms with Gasteiger partial charge in [-0.2, -0.15) is 0 Å². The summed E-state index contributed by atoms with van der Waals surface area (Å²) in [7, 11) is -1.02. The molecule has 0 amide bonds. The van der Waals surface area contributed by atoms with E-state index in [4.69, 9.17) is 0 Å². The lowest BCUT2D eigenvalue weighted by Gasteiger charge is -2.26. The predicted octanol–water partition coefficient (Wildman–Crippen LogP) is -0.0721. The van der Waals surface area contributed by atoms with E-state index in [0.717, 1.165) is 32.0 Å². The van der Waals surface area contributed by atoms with E-state index in [1.54, 1.807) is 7.05 Å². The number of nitrogens with one attached hydrogen (secondary N) is 2. The molecular formula is C13H28N4O2S. The van der Waals surface area contributed by atoms with Crippen molar-refractivity contribution in [3.05, 3.63) is 0 Å². The summed E-state index contributed by atoms with van der Waals surface area (Å²) in [5.74, 6) is 2.06. The molecule has 118 valence electrons. The summed E-state index contributed by atoms with van der Waals surface area (Å²) in [5, 5.41) is 6.54. The summed E-state index contributed by atoms with van der Waals surface area (Å²) in [6.45, 7) is 8.22. The first-order chi connectivity index (χ1) is 9.43. The molecule has 7 heteroatoms. The molecule has 1 aliphatic rings. The molecule has 0 bridgehead atoms. The van der Waals surface area contributed by atoms with Crippen molar-refractivity contribution in [3.63, 3.8) is 0 Å². The first kappa shape index (κ1) is 17.2. The van der Waals surface area contributed by atoms with Gasteiger partial charge >= 0.3 is 0 Å². The van der Waals surface area contributed by atoms with Crippen LogP contribution in [0.5, 0.6) is 0 Å². The highest BCUT2D eigenvalue weighted by Crippen LogP contribution is 2.02. The van der Waals surface area contributed by atoms with E-state index in [0.29, 0.717) is 19.0 Å². The first-order valence-electron chi connectivity index (χ1n) is 7.30. The van der Waals surface area contributed by atoms with Gasteiger partial charge in [0.1, 0.15) is 0 Å². The number of rotatable bonds is 6. The molecule has 0 spiro atoms. The van der Waals surface area contributed by atoms with Crippen LogP contribution in [0.4, 0.5) is 0 Å². The lowest BCUT2D eigenvalue weighted by atomic mass is 10.1. The third-order valence-corrected chi connectivity index (χ3v) is 5.00. The zero-order chi connectivity index (χ0) is 15.0. The van der Waals surface area contributed by atoms with Crippen molar-refractivity contribution >= 4 is 15.8 Å². The van der Waals surface area contributed by atoms with Crippen molar-refractivity contribution in [2.75, 3.05) is 51.3 Å². The molecule has 0 saturated carbocycles. The molecule has 1 heterocycles. The van der Waals surface area contributed by atoms with Crippen molar-refractivity contribution in [2.45, 2.75) is 20.3 Å². The van der Waals surface area contributed by atoms with Crippen molar-refractivity contribution < 1.29 is 8.42 Å². The van der Waals surface area contributed by atoms with Gasteiger partial charge in [0, 0.05) is 39.8 Å². The molecule has 20 heavy (non-hydrogen) atoms. The van der Waals surface area contributed by atoms with E-state index in [1.807, 2.05) is 0 Å². The normalized spacial score (nSPS) is 20.1. The second-order valence-electron chi connectivity index (χ2n) is 5.60. The fourth-order valence-electron chi connectivity index (χ4n) is 2.01. The van der Waals surface area contributed by atoms with Crippen LogP contribution in [0.2, 0.25) is 0 Å². The summed E-state index contributed by atoms with van der Waals surface area (Å²) in [6, 6.07) is 0. The number of aliphatic imine (C=N–C) groups is 1. The summed E-state index contributed by atoms with van der Waals surface area (Å²) < 4.78 is 22.7. The van der Waals surface area contributed by atoms with Crippen LogP contribution in [-0.2, 0) is 9.84 Å². The van der Waals surface area contributed by atoms with E-state index in [2.05, 4.69) is 34.4 Å². The average molecular weight is 304 g/mol. The van der Waals surface area contributed by atoms with E-state index in [-0.39, 0.29) is 11.5 Å². The molecule has 0 aromatic rings. The Balaban J connectivity index is 2.16. The number of hydrogen-bond acceptors (Lipinski definition) is 4. The summed E-state index contributed by atoms with van der Waals surface area (Å²) in [4.78, 5) is 6.35. The number of nitrogens with zero attached hydrogens (tertiary/aromatic N) is 2. The van der Waals surface area contributed by atoms with Crippen LogP contribution in [0.1, 0.15) is 20.3 Å². The monoisotopic (exact) mass is 304 g/mol. The van der Waals surface area contributed by atoms with Gasteiger partial charge in [0.15, 0.2) is 15.8 Å². The maximum atomic E-state index is 11.3. The van der Waals surface area contributed by atoms with Crippen LogP contribution in [0.3, 0.4) is 0 Å². The van der Waals surface area contributed by atoms with Gasteiger partial charge in [-0.25, -0.2) is 8.42 Å². The second-order valence-corrected chi connectivity index (χ2v) is 7.91. The highest BCUT2D eigenvalue weighted by atomic mass is 32.2. The molecule has 6 nitrogen and oxygen atoms in total. The topological polar surface area (TPSA) is 73.8 Å². The highest BCUT2D eigenvalue weighted by molar-refractivity contribution is 7.91. The molecule has 0 radical (unpaired) electrons. The van der Waals surface area contributed by atoms with E-state index >= 15 is 0 Å². The van der Waals surface area contributed by atoms with Gasteiger partial charge < -0.3 is 10.6 Å². The van der Waals surface area contributed by atoms with E-state index < -0.39 is 9.84 Å². The molecule has 0 aromatic carbocycles. The van der Waals surface area contributed by atoms with Crippen molar-refractivity contribution in [1.29, 1.82) is 0 Å². The molecular weight excluding hydrogens is 276 g/mol. The van der Waals surface area contributed by atoms with E-state index in [9.17, 15) is 8.42 Å². The van der Waals surface area contributed by atoms with Gasteiger partial charge in [0.25, 0.3) is 0 Å². The standard InChI is InChI=1S/C13H28N4O2S/c1-12(2)4-5-15-13(14-3)16-6-7-17-8-10-20(18,19)11-9-17/h12H,4-11H2,1-3H3,(H2,14,15,16). The zero-order valence-electron chi connectivity index (χ0n) is 12.9. The van der Waals surface area contributed by atoms with Crippen LogP contribution < -0.4 is 10.6 Å². The molecule has 2 N–H and O–H groups in total. The van der Waals surface area contributed by atoms with Crippen molar-refractivity contribution in [3.8, 4) is 0 Å². The van der Waals surface area contributed by atoms with Crippen LogP contribution in [0.15, 0.2) is 4.99 Å². The second kappa shape index (κ2) is 8.46. The zero-order valence-corrected chi connectivity index (χ0v) is 13.7. The summed E-state index contributed by atoms with van der Waals surface area (Å²) >= 11 is 0. The molecule has 0 aromatic heterocycles. The maximum absolute atomic E-state index is 11.3. The van der Waals surface area contributed by atoms with Crippen molar-refractivity contribution in [2.24, 2.45) is 10.9 Å². The molecule has 0 aliphatic carbocycles. The number of guanidine groups is 1. The van der Waals surface area contributed by atoms with Gasteiger partial charge in [0.2, 0.25) is 0 Å². The fourth-order valence-corrected chi connectivity index (χ4v) is 3.28.